The van der Waals surface area contributed by atoms with Gasteiger partial charge in [-0.25, -0.2) is 4.79 Å². The quantitative estimate of drug-likeness (QED) is 0.526. The van der Waals surface area contributed by atoms with Crippen LogP contribution in [0, 0.1) is 0 Å². The average Bonchev–Trinajstić information content (AvgIpc) is 2.27. The predicted molar refractivity (Wildman–Crippen MR) is 60.3 cm³/mol. The Balaban J connectivity index is 2.83. The molecule has 4 nitrogen and oxygen atoms in total. The minimum atomic E-state index is -3.53. The Hall–Kier alpha value is -1.21. The Morgan fingerprint density at radius 3 is 2.71 bits per heavy atom. The lowest BCUT2D eigenvalue weighted by Crippen LogP contribution is -2.41. The molecular formula is C10H10BrF2NO3. The number of alkyl halides is 3. The summed E-state index contributed by atoms with van der Waals surface area (Å²) in [6.45, 7) is 0. The second-order valence-electron chi connectivity index (χ2n) is 3.13. The minimum absolute atomic E-state index is 0.0832. The van der Waals surface area contributed by atoms with Crippen molar-refractivity contribution in [2.75, 3.05) is 7.11 Å². The van der Waals surface area contributed by atoms with Crippen LogP contribution in [0.25, 0.3) is 0 Å². The highest BCUT2D eigenvalue weighted by Gasteiger charge is 2.35. The van der Waals surface area contributed by atoms with Crippen LogP contribution < -0.4 is 10.5 Å². The van der Waals surface area contributed by atoms with E-state index in [4.69, 9.17) is 4.74 Å². The number of methoxy groups -OCH3 is 1. The van der Waals surface area contributed by atoms with Crippen molar-refractivity contribution in [3.63, 3.8) is 0 Å². The van der Waals surface area contributed by atoms with Crippen molar-refractivity contribution >= 4 is 21.9 Å². The first-order valence-corrected chi connectivity index (χ1v) is 5.42. The zero-order valence-corrected chi connectivity index (χ0v) is 10.4. The SMILES string of the molecule is COC(=O)c1cccc(OC(Br)C(N)(F)F)c1. The van der Waals surface area contributed by atoms with Crippen LogP contribution in [-0.4, -0.2) is 24.1 Å². The molecule has 1 aromatic rings. The van der Waals surface area contributed by atoms with Crippen molar-refractivity contribution in [3.8, 4) is 5.75 Å². The van der Waals surface area contributed by atoms with E-state index in [9.17, 15) is 13.6 Å². The molecule has 0 spiro atoms. The molecule has 1 atom stereocenters. The normalized spacial score (nSPS) is 13.0. The van der Waals surface area contributed by atoms with Crippen LogP contribution >= 0.6 is 15.9 Å². The monoisotopic (exact) mass is 309 g/mol. The number of hydrogen-bond acceptors (Lipinski definition) is 4. The third-order valence-corrected chi connectivity index (χ3v) is 2.59. The largest absolute Gasteiger partial charge is 0.471 e. The Kier molecular flexibility index (Phi) is 4.41. The molecule has 1 unspecified atom stereocenters. The van der Waals surface area contributed by atoms with Crippen LogP contribution in [-0.2, 0) is 4.74 Å². The van der Waals surface area contributed by atoms with Gasteiger partial charge in [0.2, 0.25) is 5.01 Å². The minimum Gasteiger partial charge on any atom is -0.471 e. The maximum Gasteiger partial charge on any atom is 0.346 e. The zero-order chi connectivity index (χ0) is 13.1. The van der Waals surface area contributed by atoms with Gasteiger partial charge in [-0.2, -0.15) is 8.78 Å². The second kappa shape index (κ2) is 5.42. The fourth-order valence-electron chi connectivity index (χ4n) is 1.01. The number of rotatable bonds is 4. The molecule has 1 aromatic carbocycles. The fraction of sp³-hybridized carbons (Fsp3) is 0.300. The van der Waals surface area contributed by atoms with Gasteiger partial charge in [0.15, 0.2) is 0 Å². The van der Waals surface area contributed by atoms with E-state index >= 15 is 0 Å². The van der Waals surface area contributed by atoms with E-state index in [1.807, 2.05) is 0 Å². The molecule has 0 radical (unpaired) electrons. The third-order valence-electron chi connectivity index (χ3n) is 1.80. The van der Waals surface area contributed by atoms with E-state index in [-0.39, 0.29) is 11.3 Å². The predicted octanol–water partition coefficient (Wildman–Crippen LogP) is 2.12. The molecule has 0 fully saturated rings. The van der Waals surface area contributed by atoms with E-state index < -0.39 is 17.0 Å². The lowest BCUT2D eigenvalue weighted by atomic mass is 10.2. The molecular weight excluding hydrogens is 300 g/mol. The summed E-state index contributed by atoms with van der Waals surface area (Å²) in [6.07, 6.45) is 0. The highest BCUT2D eigenvalue weighted by molar-refractivity contribution is 9.09. The van der Waals surface area contributed by atoms with E-state index in [1.165, 1.54) is 31.4 Å². The Bertz CT molecular complexity index is 409. The van der Waals surface area contributed by atoms with Crippen molar-refractivity contribution in [2.45, 2.75) is 11.1 Å². The molecule has 0 aromatic heterocycles. The van der Waals surface area contributed by atoms with Crippen LogP contribution in [0.3, 0.4) is 0 Å². The number of carbonyl (C=O) groups is 1. The first kappa shape index (κ1) is 13.9. The van der Waals surface area contributed by atoms with Gasteiger partial charge >= 0.3 is 12.0 Å². The lowest BCUT2D eigenvalue weighted by Gasteiger charge is -2.18. The van der Waals surface area contributed by atoms with Gasteiger partial charge in [0, 0.05) is 0 Å². The van der Waals surface area contributed by atoms with Crippen LogP contribution in [0.1, 0.15) is 10.4 Å². The molecule has 0 aliphatic carbocycles. The van der Waals surface area contributed by atoms with E-state index in [0.29, 0.717) is 0 Å². The first-order chi connectivity index (χ1) is 7.84. The van der Waals surface area contributed by atoms with Crippen LogP contribution in [0.15, 0.2) is 24.3 Å². The summed E-state index contributed by atoms with van der Waals surface area (Å²) in [5, 5.41) is -1.68. The van der Waals surface area contributed by atoms with Crippen molar-refractivity contribution in [1.29, 1.82) is 0 Å². The molecule has 0 amide bonds. The van der Waals surface area contributed by atoms with Gasteiger partial charge in [-0.3, -0.25) is 5.73 Å². The molecule has 17 heavy (non-hydrogen) atoms. The summed E-state index contributed by atoms with van der Waals surface area (Å²) in [5.41, 5.74) is 4.75. The summed E-state index contributed by atoms with van der Waals surface area (Å²) >= 11 is 2.60. The highest BCUT2D eigenvalue weighted by Crippen LogP contribution is 2.24. The lowest BCUT2D eigenvalue weighted by molar-refractivity contribution is -0.0485. The topological polar surface area (TPSA) is 61.5 Å². The first-order valence-electron chi connectivity index (χ1n) is 4.50. The van der Waals surface area contributed by atoms with Gasteiger partial charge in [-0.15, -0.1) is 0 Å². The van der Waals surface area contributed by atoms with Gasteiger partial charge in [-0.1, -0.05) is 6.07 Å². The summed E-state index contributed by atoms with van der Waals surface area (Å²) in [4.78, 5) is 11.2. The molecule has 0 aliphatic rings. The third kappa shape index (κ3) is 3.94. The number of hydrogen-bond donors (Lipinski definition) is 1. The van der Waals surface area contributed by atoms with Crippen LogP contribution in [0.2, 0.25) is 0 Å². The number of ether oxygens (including phenoxy) is 2. The Morgan fingerprint density at radius 1 is 1.53 bits per heavy atom. The molecule has 0 saturated heterocycles. The highest BCUT2D eigenvalue weighted by atomic mass is 79.9. The van der Waals surface area contributed by atoms with Crippen molar-refractivity contribution in [3.05, 3.63) is 29.8 Å². The van der Waals surface area contributed by atoms with Gasteiger partial charge in [0.05, 0.1) is 12.7 Å². The maximum absolute atomic E-state index is 12.6. The molecule has 1 rings (SSSR count). The second-order valence-corrected chi connectivity index (χ2v) is 3.96. The van der Waals surface area contributed by atoms with E-state index in [1.54, 1.807) is 0 Å². The summed E-state index contributed by atoms with van der Waals surface area (Å²) in [7, 11) is 1.22. The number of halogens is 3. The number of carbonyl (C=O) groups excluding carboxylic acids is 1. The molecule has 94 valence electrons. The van der Waals surface area contributed by atoms with Gasteiger partial charge < -0.3 is 9.47 Å². The van der Waals surface area contributed by atoms with Crippen LogP contribution in [0.5, 0.6) is 5.75 Å². The molecule has 0 heterocycles. The standard InChI is InChI=1S/C10H10BrF2NO3/c1-16-8(15)6-3-2-4-7(5-6)17-9(11)10(12,13)14/h2-5,9H,14H2,1H3. The number of nitrogens with two attached hydrogens (primary N) is 1. The van der Waals surface area contributed by atoms with Crippen molar-refractivity contribution in [2.24, 2.45) is 5.73 Å². The van der Waals surface area contributed by atoms with E-state index in [2.05, 4.69) is 26.4 Å². The average molecular weight is 310 g/mol. The van der Waals surface area contributed by atoms with Crippen LogP contribution in [0.4, 0.5) is 8.78 Å². The molecule has 0 bridgehead atoms. The maximum atomic E-state index is 12.6. The van der Waals surface area contributed by atoms with Crippen molar-refractivity contribution < 1.29 is 23.0 Å². The summed E-state index contributed by atoms with van der Waals surface area (Å²) in [5.74, 6) is -0.499. The Morgan fingerprint density at radius 2 is 2.18 bits per heavy atom. The zero-order valence-electron chi connectivity index (χ0n) is 8.82. The Labute approximate surface area is 105 Å². The number of esters is 1. The van der Waals surface area contributed by atoms with Crippen molar-refractivity contribution in [1.82, 2.24) is 0 Å². The number of benzene rings is 1. The summed E-state index contributed by atoms with van der Waals surface area (Å²) < 4.78 is 34.6. The summed E-state index contributed by atoms with van der Waals surface area (Å²) in [6, 6.07) is 2.14. The van der Waals surface area contributed by atoms with E-state index in [0.717, 1.165) is 0 Å². The van der Waals surface area contributed by atoms with Gasteiger partial charge in [0.25, 0.3) is 0 Å². The van der Waals surface area contributed by atoms with Gasteiger partial charge in [-0.05, 0) is 34.1 Å². The molecule has 0 aliphatic heterocycles. The molecule has 0 saturated carbocycles. The van der Waals surface area contributed by atoms with Gasteiger partial charge in [0.1, 0.15) is 5.75 Å². The smallest absolute Gasteiger partial charge is 0.346 e. The molecule has 2 N–H and O–H groups in total. The fourth-order valence-corrected chi connectivity index (χ4v) is 1.23. The molecule has 7 heteroatoms.